The van der Waals surface area contributed by atoms with Gasteiger partial charge in [0.05, 0.1) is 17.1 Å². The number of para-hydroxylation sites is 1. The summed E-state index contributed by atoms with van der Waals surface area (Å²) in [4.78, 5) is 2.58. The zero-order valence-corrected chi connectivity index (χ0v) is 28.8. The second kappa shape index (κ2) is 9.70. The van der Waals surface area contributed by atoms with Crippen molar-refractivity contribution in [1.29, 1.82) is 0 Å². The Kier molecular flexibility index (Phi) is 6.38. The van der Waals surface area contributed by atoms with Gasteiger partial charge in [-0.15, -0.1) is 0 Å². The van der Waals surface area contributed by atoms with Crippen molar-refractivity contribution in [1.82, 2.24) is 0 Å². The minimum Gasteiger partial charge on any atom is -0.309 e. The normalized spacial score (nSPS) is 16.1. The van der Waals surface area contributed by atoms with Gasteiger partial charge >= 0.3 is 0 Å². The summed E-state index contributed by atoms with van der Waals surface area (Å²) in [7, 11) is 0. The van der Waals surface area contributed by atoms with Crippen molar-refractivity contribution in [3.63, 3.8) is 0 Å². The van der Waals surface area contributed by atoms with Crippen LogP contribution in [0.1, 0.15) is 103 Å². The highest BCUT2D eigenvalue weighted by Gasteiger charge is 2.43. The summed E-state index contributed by atoms with van der Waals surface area (Å²) in [6.07, 6.45) is 0. The predicted octanol–water partition coefficient (Wildman–Crippen LogP) is 12.4. The van der Waals surface area contributed by atoms with Crippen molar-refractivity contribution in [3.8, 4) is 22.3 Å². The number of hydrogen-bond donors (Lipinski definition) is 0. The Hall–Kier alpha value is -4.10. The smallest absolute Gasteiger partial charge is 0.0546 e. The molecular weight excluding hydrogens is 542 g/mol. The molecule has 5 aromatic carbocycles. The van der Waals surface area contributed by atoms with Crippen LogP contribution >= 0.6 is 0 Å². The van der Waals surface area contributed by atoms with E-state index in [1.54, 1.807) is 0 Å². The van der Waals surface area contributed by atoms with Crippen molar-refractivity contribution in [2.45, 2.75) is 90.9 Å². The summed E-state index contributed by atoms with van der Waals surface area (Å²) >= 11 is 0. The highest BCUT2D eigenvalue weighted by Crippen LogP contribution is 2.59. The van der Waals surface area contributed by atoms with E-state index in [1.165, 1.54) is 72.7 Å². The van der Waals surface area contributed by atoms with E-state index in [-0.39, 0.29) is 21.7 Å². The lowest BCUT2D eigenvalue weighted by molar-refractivity contribution is 0.580. The number of benzene rings is 5. The third kappa shape index (κ3) is 4.50. The molecule has 5 aromatic rings. The van der Waals surface area contributed by atoms with Gasteiger partial charge in [0.1, 0.15) is 0 Å². The predicted molar refractivity (Wildman–Crippen MR) is 194 cm³/mol. The monoisotopic (exact) mass is 589 g/mol. The molecule has 0 atom stereocenters. The number of hydrogen-bond acceptors (Lipinski definition) is 1. The summed E-state index contributed by atoms with van der Waals surface area (Å²) in [6.45, 7) is 23.6. The fourth-order valence-electron chi connectivity index (χ4n) is 7.68. The van der Waals surface area contributed by atoms with Crippen molar-refractivity contribution >= 4 is 17.1 Å². The van der Waals surface area contributed by atoms with Crippen LogP contribution in [0.3, 0.4) is 0 Å². The van der Waals surface area contributed by atoms with Gasteiger partial charge in [0.25, 0.3) is 0 Å². The molecule has 228 valence electrons. The average Bonchev–Trinajstić information content (AvgIpc) is 3.23. The Labute approximate surface area is 271 Å². The molecule has 0 bridgehead atoms. The van der Waals surface area contributed by atoms with Gasteiger partial charge < -0.3 is 4.90 Å². The minimum atomic E-state index is -0.156. The molecule has 0 saturated heterocycles. The van der Waals surface area contributed by atoms with Crippen LogP contribution in [0.4, 0.5) is 17.1 Å². The molecule has 7 rings (SSSR count). The van der Waals surface area contributed by atoms with Gasteiger partial charge in [0, 0.05) is 16.4 Å². The van der Waals surface area contributed by atoms with Crippen LogP contribution in [0.2, 0.25) is 0 Å². The lowest BCUT2D eigenvalue weighted by Crippen LogP contribution is -2.31. The molecule has 0 saturated carbocycles. The van der Waals surface area contributed by atoms with Gasteiger partial charge in [-0.1, -0.05) is 148 Å². The summed E-state index contributed by atoms with van der Waals surface area (Å²) in [5, 5.41) is 0. The van der Waals surface area contributed by atoms with Gasteiger partial charge in [0.2, 0.25) is 0 Å². The molecule has 0 spiro atoms. The zero-order chi connectivity index (χ0) is 32.1. The average molecular weight is 590 g/mol. The molecule has 1 heterocycles. The zero-order valence-electron chi connectivity index (χ0n) is 28.8. The molecule has 0 fully saturated rings. The summed E-state index contributed by atoms with van der Waals surface area (Å²) in [5.74, 6) is 0. The van der Waals surface area contributed by atoms with Crippen molar-refractivity contribution < 1.29 is 0 Å². The molecule has 0 radical (unpaired) electrons. The second-order valence-corrected chi connectivity index (χ2v) is 16.4. The van der Waals surface area contributed by atoms with Crippen molar-refractivity contribution in [2.24, 2.45) is 0 Å². The standard InChI is InChI=1S/C44H47N/c1-41(2,3)30-21-22-32-34(25-30)44(9,10)36-26-31(42(4,5)6)27-39(40(32)36)45-37-19-15-14-18-33(37)43(7,8)35-24-29(20-23-38(35)45)28-16-12-11-13-17-28/h11-27H,1-10H3. The first-order valence-corrected chi connectivity index (χ1v) is 16.5. The van der Waals surface area contributed by atoms with Gasteiger partial charge in [-0.05, 0) is 85.2 Å². The summed E-state index contributed by atoms with van der Waals surface area (Å²) < 4.78 is 0. The quantitative estimate of drug-likeness (QED) is 0.198. The Bertz CT molecular complexity index is 1960. The molecule has 2 aliphatic rings. The lowest BCUT2D eigenvalue weighted by atomic mass is 9.72. The Balaban J connectivity index is 1.56. The molecular formula is C44H47N. The van der Waals surface area contributed by atoms with E-state index in [2.05, 4.69) is 177 Å². The molecule has 0 unspecified atom stereocenters. The number of rotatable bonds is 2. The third-order valence-corrected chi connectivity index (χ3v) is 10.6. The maximum absolute atomic E-state index is 2.58. The lowest BCUT2D eigenvalue weighted by Gasteiger charge is -2.43. The number of anilines is 3. The number of fused-ring (bicyclic) bond motifs is 5. The minimum absolute atomic E-state index is 0.000221. The van der Waals surface area contributed by atoms with E-state index in [0.29, 0.717) is 0 Å². The fourth-order valence-corrected chi connectivity index (χ4v) is 7.68. The van der Waals surface area contributed by atoms with E-state index in [0.717, 1.165) is 0 Å². The topological polar surface area (TPSA) is 3.24 Å². The van der Waals surface area contributed by atoms with Crippen LogP contribution < -0.4 is 4.90 Å². The summed E-state index contributed by atoms with van der Waals surface area (Å²) in [6, 6.07) is 39.2. The number of nitrogens with zero attached hydrogens (tertiary/aromatic N) is 1. The van der Waals surface area contributed by atoms with E-state index in [1.807, 2.05) is 0 Å². The van der Waals surface area contributed by atoms with Crippen molar-refractivity contribution in [2.75, 3.05) is 4.90 Å². The Morgan fingerprint density at radius 2 is 1.04 bits per heavy atom. The van der Waals surface area contributed by atoms with E-state index >= 15 is 0 Å². The van der Waals surface area contributed by atoms with Crippen molar-refractivity contribution in [3.05, 3.63) is 137 Å². The maximum atomic E-state index is 2.58. The third-order valence-electron chi connectivity index (χ3n) is 10.6. The van der Waals surface area contributed by atoms with Gasteiger partial charge in [-0.3, -0.25) is 0 Å². The molecule has 45 heavy (non-hydrogen) atoms. The molecule has 1 nitrogen and oxygen atoms in total. The van der Waals surface area contributed by atoms with Gasteiger partial charge in [0.15, 0.2) is 0 Å². The highest BCUT2D eigenvalue weighted by atomic mass is 15.2. The second-order valence-electron chi connectivity index (χ2n) is 16.4. The molecule has 1 aliphatic heterocycles. The van der Waals surface area contributed by atoms with Crippen LogP contribution in [0.5, 0.6) is 0 Å². The van der Waals surface area contributed by atoms with E-state index in [9.17, 15) is 0 Å². The first kappa shape index (κ1) is 29.6. The maximum Gasteiger partial charge on any atom is 0.0546 e. The molecule has 1 aliphatic carbocycles. The van der Waals surface area contributed by atoms with Crippen LogP contribution in [-0.2, 0) is 21.7 Å². The van der Waals surface area contributed by atoms with Crippen LogP contribution in [0, 0.1) is 0 Å². The summed E-state index contributed by atoms with van der Waals surface area (Å²) in [5.41, 5.74) is 17.2. The molecule has 0 aromatic heterocycles. The molecule has 0 amide bonds. The Morgan fingerprint density at radius 3 is 1.73 bits per heavy atom. The van der Waals surface area contributed by atoms with Gasteiger partial charge in [-0.2, -0.15) is 0 Å². The SMILES string of the molecule is CC(C)(C)c1ccc2c(c1)C(C)(C)c1cc(C(C)(C)C)cc(N3c4ccccc4C(C)(C)c4cc(-c5ccccc5)ccc43)c1-2. The van der Waals surface area contributed by atoms with Crippen LogP contribution in [0.25, 0.3) is 22.3 Å². The van der Waals surface area contributed by atoms with Gasteiger partial charge in [-0.25, -0.2) is 0 Å². The fraction of sp³-hybridized carbons (Fsp3) is 0.318. The Morgan fingerprint density at radius 1 is 0.444 bits per heavy atom. The first-order valence-electron chi connectivity index (χ1n) is 16.5. The molecule has 0 N–H and O–H groups in total. The largest absolute Gasteiger partial charge is 0.309 e. The van der Waals surface area contributed by atoms with Crippen LogP contribution in [-0.4, -0.2) is 0 Å². The first-order chi connectivity index (χ1) is 21.1. The van der Waals surface area contributed by atoms with Crippen LogP contribution in [0.15, 0.2) is 103 Å². The highest BCUT2D eigenvalue weighted by molar-refractivity contribution is 5.98. The van der Waals surface area contributed by atoms with E-state index in [4.69, 9.17) is 0 Å². The van der Waals surface area contributed by atoms with E-state index < -0.39 is 0 Å². The molecule has 1 heteroatoms.